The zero-order valence-electron chi connectivity index (χ0n) is 6.35. The van der Waals surface area contributed by atoms with Gasteiger partial charge < -0.3 is 0 Å². The molecule has 1 rings (SSSR count). The van der Waals surface area contributed by atoms with E-state index in [0.717, 1.165) is 5.92 Å². The third-order valence-electron chi connectivity index (χ3n) is 2.26. The summed E-state index contributed by atoms with van der Waals surface area (Å²) >= 11 is 1.93. The van der Waals surface area contributed by atoms with Crippen molar-refractivity contribution < 1.29 is 0 Å². The molecule has 9 heavy (non-hydrogen) atoms. The van der Waals surface area contributed by atoms with Crippen LogP contribution in [0, 0.1) is 11.3 Å². The highest BCUT2D eigenvalue weighted by molar-refractivity contribution is 8.02. The minimum absolute atomic E-state index is 0.477. The second-order valence-electron chi connectivity index (χ2n) is 3.27. The molecule has 1 aliphatic heterocycles. The number of rotatable bonds is 1. The van der Waals surface area contributed by atoms with E-state index in [4.69, 9.17) is 0 Å². The van der Waals surface area contributed by atoms with Crippen LogP contribution in [0.25, 0.3) is 0 Å². The lowest BCUT2D eigenvalue weighted by atomic mass is 9.81. The smallest absolute Gasteiger partial charge is 0.00654 e. The minimum Gasteiger partial charge on any atom is -0.134 e. The lowest BCUT2D eigenvalue weighted by Crippen LogP contribution is -2.20. The molecule has 1 atom stereocenters. The molecule has 1 aliphatic rings. The molecule has 1 heteroatoms. The van der Waals surface area contributed by atoms with Crippen LogP contribution >= 0.6 is 11.8 Å². The van der Waals surface area contributed by atoms with Gasteiger partial charge in [-0.1, -0.05) is 26.8 Å². The molecule has 0 saturated heterocycles. The fraction of sp³-hybridized carbons (Fsp3) is 0.750. The van der Waals surface area contributed by atoms with Crippen LogP contribution in [0.15, 0.2) is 11.5 Å². The lowest BCUT2D eigenvalue weighted by molar-refractivity contribution is 0.345. The normalized spacial score (nSPS) is 34.2. The van der Waals surface area contributed by atoms with Gasteiger partial charge >= 0.3 is 0 Å². The van der Waals surface area contributed by atoms with Gasteiger partial charge in [0.25, 0.3) is 0 Å². The van der Waals surface area contributed by atoms with E-state index in [2.05, 4.69) is 32.3 Å². The molecule has 0 saturated carbocycles. The highest BCUT2D eigenvalue weighted by atomic mass is 32.2. The molecule has 0 nitrogen and oxygen atoms in total. The summed E-state index contributed by atoms with van der Waals surface area (Å²) in [6.07, 6.45) is 2.34. The first-order chi connectivity index (χ1) is 4.15. The van der Waals surface area contributed by atoms with Crippen LogP contribution < -0.4 is 0 Å². The zero-order chi connectivity index (χ0) is 6.91. The summed E-state index contributed by atoms with van der Waals surface area (Å²) in [5.74, 6) is 2.05. The van der Waals surface area contributed by atoms with Gasteiger partial charge in [0.15, 0.2) is 0 Å². The van der Waals surface area contributed by atoms with Gasteiger partial charge in [-0.25, -0.2) is 0 Å². The van der Waals surface area contributed by atoms with Crippen LogP contribution in [-0.4, -0.2) is 5.75 Å². The van der Waals surface area contributed by atoms with Crippen molar-refractivity contribution in [3.8, 4) is 0 Å². The Balaban J connectivity index is 2.62. The second-order valence-corrected chi connectivity index (χ2v) is 4.17. The molecule has 0 spiro atoms. The van der Waals surface area contributed by atoms with Gasteiger partial charge in [0.1, 0.15) is 0 Å². The average molecular weight is 142 g/mol. The van der Waals surface area contributed by atoms with Crippen molar-refractivity contribution in [1.29, 1.82) is 0 Å². The summed E-state index contributed by atoms with van der Waals surface area (Å²) in [4.78, 5) is 0. The quantitative estimate of drug-likeness (QED) is 0.542. The van der Waals surface area contributed by atoms with E-state index in [-0.39, 0.29) is 0 Å². The van der Waals surface area contributed by atoms with Crippen LogP contribution in [0.5, 0.6) is 0 Å². The third-order valence-corrected chi connectivity index (χ3v) is 3.38. The van der Waals surface area contributed by atoms with E-state index in [9.17, 15) is 0 Å². The Hall–Kier alpha value is 0.0900. The molecular formula is C8H14S. The Bertz CT molecular complexity index is 127. The van der Waals surface area contributed by atoms with Crippen molar-refractivity contribution in [2.24, 2.45) is 11.3 Å². The molecule has 0 bridgehead atoms. The van der Waals surface area contributed by atoms with Crippen molar-refractivity contribution in [2.75, 3.05) is 5.75 Å². The molecular weight excluding hydrogens is 128 g/mol. The molecule has 0 aromatic heterocycles. The zero-order valence-corrected chi connectivity index (χ0v) is 7.16. The monoisotopic (exact) mass is 142 g/mol. The first-order valence-electron chi connectivity index (χ1n) is 3.44. The van der Waals surface area contributed by atoms with Crippen LogP contribution in [0.2, 0.25) is 0 Å². The Morgan fingerprint density at radius 1 is 1.56 bits per heavy atom. The number of thioether (sulfide) groups is 1. The van der Waals surface area contributed by atoms with E-state index < -0.39 is 0 Å². The van der Waals surface area contributed by atoms with Crippen molar-refractivity contribution in [3.63, 3.8) is 0 Å². The maximum absolute atomic E-state index is 2.34. The SMILES string of the molecule is CC(C)C1(C)C=CSC1. The molecule has 52 valence electrons. The summed E-state index contributed by atoms with van der Waals surface area (Å²) in [5.41, 5.74) is 0.477. The van der Waals surface area contributed by atoms with Crippen LogP contribution in [0.1, 0.15) is 20.8 Å². The first-order valence-corrected chi connectivity index (χ1v) is 4.49. The second kappa shape index (κ2) is 2.37. The number of hydrogen-bond acceptors (Lipinski definition) is 1. The van der Waals surface area contributed by atoms with Crippen molar-refractivity contribution in [3.05, 3.63) is 11.5 Å². The van der Waals surface area contributed by atoms with Crippen molar-refractivity contribution >= 4 is 11.8 Å². The topological polar surface area (TPSA) is 0 Å². The summed E-state index contributed by atoms with van der Waals surface area (Å²) in [6.45, 7) is 6.90. The molecule has 1 unspecified atom stereocenters. The van der Waals surface area contributed by atoms with Gasteiger partial charge in [0.2, 0.25) is 0 Å². The van der Waals surface area contributed by atoms with Crippen molar-refractivity contribution in [1.82, 2.24) is 0 Å². The molecule has 0 aromatic carbocycles. The molecule has 0 radical (unpaired) electrons. The highest BCUT2D eigenvalue weighted by Crippen LogP contribution is 2.38. The van der Waals surface area contributed by atoms with Crippen molar-refractivity contribution in [2.45, 2.75) is 20.8 Å². The molecule has 0 N–H and O–H groups in total. The highest BCUT2D eigenvalue weighted by Gasteiger charge is 2.27. The predicted octanol–water partition coefficient (Wildman–Crippen LogP) is 2.91. The van der Waals surface area contributed by atoms with Crippen LogP contribution in [0.3, 0.4) is 0 Å². The van der Waals surface area contributed by atoms with E-state index in [1.807, 2.05) is 11.8 Å². The molecule has 1 heterocycles. The molecule has 0 aliphatic carbocycles. The Kier molecular flexibility index (Phi) is 1.90. The number of allylic oxidation sites excluding steroid dienone is 1. The first kappa shape index (κ1) is 7.20. The average Bonchev–Trinajstić information content (AvgIpc) is 2.16. The summed E-state index contributed by atoms with van der Waals surface area (Å²) in [6, 6.07) is 0. The maximum Gasteiger partial charge on any atom is 0.00654 e. The van der Waals surface area contributed by atoms with Gasteiger partial charge in [-0.05, 0) is 16.7 Å². The van der Waals surface area contributed by atoms with E-state index >= 15 is 0 Å². The fourth-order valence-corrected chi connectivity index (χ4v) is 2.13. The van der Waals surface area contributed by atoms with E-state index in [1.165, 1.54) is 5.75 Å². The van der Waals surface area contributed by atoms with Crippen LogP contribution in [-0.2, 0) is 0 Å². The lowest BCUT2D eigenvalue weighted by Gasteiger charge is -2.25. The van der Waals surface area contributed by atoms with Gasteiger partial charge in [-0.3, -0.25) is 0 Å². The van der Waals surface area contributed by atoms with Gasteiger partial charge in [-0.2, -0.15) is 0 Å². The molecule has 0 fully saturated rings. The molecule has 0 aromatic rings. The Labute approximate surface area is 61.7 Å². The molecule has 0 amide bonds. The Morgan fingerprint density at radius 2 is 2.22 bits per heavy atom. The van der Waals surface area contributed by atoms with Gasteiger partial charge in [0.05, 0.1) is 0 Å². The summed E-state index contributed by atoms with van der Waals surface area (Å²) < 4.78 is 0. The third kappa shape index (κ3) is 1.32. The minimum atomic E-state index is 0.477. The van der Waals surface area contributed by atoms with Gasteiger partial charge in [-0.15, -0.1) is 11.8 Å². The fourth-order valence-electron chi connectivity index (χ4n) is 0.838. The van der Waals surface area contributed by atoms with E-state index in [1.54, 1.807) is 0 Å². The summed E-state index contributed by atoms with van der Waals surface area (Å²) in [7, 11) is 0. The maximum atomic E-state index is 2.34. The number of hydrogen-bond donors (Lipinski definition) is 0. The van der Waals surface area contributed by atoms with Crippen LogP contribution in [0.4, 0.5) is 0 Å². The largest absolute Gasteiger partial charge is 0.134 e. The standard InChI is InChI=1S/C8H14S/c1-7(2)8(3)4-5-9-6-8/h4-5,7H,6H2,1-3H3. The van der Waals surface area contributed by atoms with E-state index in [0.29, 0.717) is 5.41 Å². The Morgan fingerprint density at radius 3 is 2.44 bits per heavy atom. The summed E-state index contributed by atoms with van der Waals surface area (Å²) in [5, 5.41) is 2.22. The predicted molar refractivity (Wildman–Crippen MR) is 44.5 cm³/mol. The van der Waals surface area contributed by atoms with Gasteiger partial charge in [0, 0.05) is 5.75 Å².